The van der Waals surface area contributed by atoms with Crippen LogP contribution in [0.3, 0.4) is 0 Å². The van der Waals surface area contributed by atoms with E-state index in [1.807, 2.05) is 32.0 Å². The number of nitrogens with one attached hydrogen (secondary N) is 2. The fourth-order valence-electron chi connectivity index (χ4n) is 3.77. The van der Waals surface area contributed by atoms with Crippen molar-refractivity contribution in [1.82, 2.24) is 10.2 Å². The van der Waals surface area contributed by atoms with E-state index in [2.05, 4.69) is 15.5 Å². The number of piperidine rings is 1. The molecule has 0 bridgehead atoms. The molecule has 2 amide bonds. The lowest BCUT2D eigenvalue weighted by molar-refractivity contribution is -0.116. The van der Waals surface area contributed by atoms with Crippen LogP contribution in [-0.4, -0.2) is 67.0 Å². The van der Waals surface area contributed by atoms with Crippen LogP contribution in [0.4, 0.5) is 10.5 Å². The van der Waals surface area contributed by atoms with Gasteiger partial charge in [-0.2, -0.15) is 0 Å². The highest BCUT2D eigenvalue weighted by molar-refractivity contribution is 5.94. The number of β-amino-alcohol motifs (C(OH)–C–C–N with tert-alkyl or cyclic N) is 1. The van der Waals surface area contributed by atoms with E-state index in [1.54, 1.807) is 0 Å². The average molecular weight is 420 g/mol. The van der Waals surface area contributed by atoms with Gasteiger partial charge in [0, 0.05) is 43.3 Å². The van der Waals surface area contributed by atoms with Crippen molar-refractivity contribution in [2.45, 2.75) is 51.7 Å². The SMILES string of the molecule is CC(C)COC(=O)NC1CCN(CC(O)COc2cccc3c2CCC(=O)N3)CC1. The zero-order valence-corrected chi connectivity index (χ0v) is 17.9. The number of likely N-dealkylation sites (tertiary alicyclic amines) is 1. The van der Waals surface area contributed by atoms with Crippen LogP contribution >= 0.6 is 0 Å². The number of carbonyl (C=O) groups excluding carboxylic acids is 2. The maximum atomic E-state index is 11.8. The van der Waals surface area contributed by atoms with Gasteiger partial charge in [-0.15, -0.1) is 0 Å². The second-order valence-electron chi connectivity index (χ2n) is 8.51. The molecular weight excluding hydrogens is 386 g/mol. The molecule has 0 aromatic heterocycles. The number of benzene rings is 1. The van der Waals surface area contributed by atoms with E-state index in [4.69, 9.17) is 9.47 Å². The Bertz CT molecular complexity index is 731. The molecule has 1 unspecified atom stereocenters. The molecule has 8 nitrogen and oxygen atoms in total. The number of aliphatic hydroxyl groups excluding tert-OH is 1. The highest BCUT2D eigenvalue weighted by atomic mass is 16.5. The molecule has 2 aliphatic rings. The van der Waals surface area contributed by atoms with Gasteiger partial charge in [0.15, 0.2) is 0 Å². The molecule has 3 rings (SSSR count). The highest BCUT2D eigenvalue weighted by Gasteiger charge is 2.24. The number of amides is 2. The number of carbonyl (C=O) groups is 2. The Hall–Kier alpha value is -2.32. The summed E-state index contributed by atoms with van der Waals surface area (Å²) in [4.78, 5) is 25.5. The van der Waals surface area contributed by atoms with Crippen molar-refractivity contribution in [3.05, 3.63) is 23.8 Å². The van der Waals surface area contributed by atoms with Gasteiger partial charge in [0.1, 0.15) is 18.5 Å². The van der Waals surface area contributed by atoms with E-state index in [9.17, 15) is 14.7 Å². The summed E-state index contributed by atoms with van der Waals surface area (Å²) in [6, 6.07) is 5.70. The summed E-state index contributed by atoms with van der Waals surface area (Å²) in [5.41, 5.74) is 1.78. The van der Waals surface area contributed by atoms with E-state index >= 15 is 0 Å². The van der Waals surface area contributed by atoms with Crippen LogP contribution in [0.15, 0.2) is 18.2 Å². The van der Waals surface area contributed by atoms with Crippen molar-refractivity contribution in [1.29, 1.82) is 0 Å². The van der Waals surface area contributed by atoms with E-state index in [-0.39, 0.29) is 24.6 Å². The van der Waals surface area contributed by atoms with Crippen molar-refractivity contribution in [2.24, 2.45) is 5.92 Å². The van der Waals surface area contributed by atoms with Gasteiger partial charge < -0.3 is 30.1 Å². The predicted molar refractivity (Wildman–Crippen MR) is 114 cm³/mol. The second-order valence-corrected chi connectivity index (χ2v) is 8.51. The van der Waals surface area contributed by atoms with Crippen molar-refractivity contribution in [3.63, 3.8) is 0 Å². The first-order chi connectivity index (χ1) is 14.4. The first-order valence-electron chi connectivity index (χ1n) is 10.8. The van der Waals surface area contributed by atoms with Gasteiger partial charge >= 0.3 is 6.09 Å². The Morgan fingerprint density at radius 3 is 2.77 bits per heavy atom. The highest BCUT2D eigenvalue weighted by Crippen LogP contribution is 2.31. The quantitative estimate of drug-likeness (QED) is 0.597. The fraction of sp³-hybridized carbons (Fsp3) is 0.636. The molecule has 3 N–H and O–H groups in total. The zero-order chi connectivity index (χ0) is 21.5. The van der Waals surface area contributed by atoms with E-state index in [0.717, 1.165) is 42.9 Å². The molecule has 1 saturated heterocycles. The van der Waals surface area contributed by atoms with Crippen LogP contribution in [0.5, 0.6) is 5.75 Å². The standard InChI is InChI=1S/C22H33N3O5/c1-15(2)13-30-22(28)23-16-8-10-25(11-9-16)12-17(26)14-29-20-5-3-4-19-18(20)6-7-21(27)24-19/h3-5,15-17,26H,6-14H2,1-2H3,(H,23,28)(H,24,27). The average Bonchev–Trinajstić information content (AvgIpc) is 2.72. The smallest absolute Gasteiger partial charge is 0.407 e. The number of aliphatic hydroxyl groups is 1. The minimum atomic E-state index is -0.612. The molecule has 166 valence electrons. The molecule has 1 aromatic carbocycles. The van der Waals surface area contributed by atoms with Crippen LogP contribution in [0.2, 0.25) is 0 Å². The Morgan fingerprint density at radius 2 is 2.03 bits per heavy atom. The van der Waals surface area contributed by atoms with Crippen molar-refractivity contribution in [2.75, 3.05) is 38.2 Å². The number of fused-ring (bicyclic) bond motifs is 1. The van der Waals surface area contributed by atoms with Crippen molar-refractivity contribution < 1.29 is 24.2 Å². The van der Waals surface area contributed by atoms with Crippen LogP contribution < -0.4 is 15.4 Å². The largest absolute Gasteiger partial charge is 0.490 e. The third-order valence-corrected chi connectivity index (χ3v) is 5.37. The normalized spacial score (nSPS) is 18.5. The molecule has 2 aliphatic heterocycles. The molecule has 8 heteroatoms. The number of ether oxygens (including phenoxy) is 2. The van der Waals surface area contributed by atoms with Crippen molar-refractivity contribution >= 4 is 17.7 Å². The number of anilines is 1. The minimum Gasteiger partial charge on any atom is -0.490 e. The van der Waals surface area contributed by atoms with Gasteiger partial charge in [-0.25, -0.2) is 4.79 Å². The molecular formula is C22H33N3O5. The number of rotatable bonds is 8. The summed E-state index contributed by atoms with van der Waals surface area (Å²) < 4.78 is 11.0. The first-order valence-corrected chi connectivity index (χ1v) is 10.8. The summed E-state index contributed by atoms with van der Waals surface area (Å²) in [7, 11) is 0. The van der Waals surface area contributed by atoms with E-state index < -0.39 is 6.10 Å². The van der Waals surface area contributed by atoms with Crippen LogP contribution in [0, 0.1) is 5.92 Å². The van der Waals surface area contributed by atoms with Crippen LogP contribution in [0.25, 0.3) is 0 Å². The molecule has 0 aliphatic carbocycles. The monoisotopic (exact) mass is 419 g/mol. The van der Waals surface area contributed by atoms with Crippen LogP contribution in [0.1, 0.15) is 38.7 Å². The molecule has 2 heterocycles. The third kappa shape index (κ3) is 6.60. The molecule has 30 heavy (non-hydrogen) atoms. The van der Waals surface area contributed by atoms with Crippen LogP contribution in [-0.2, 0) is 16.0 Å². The molecule has 0 saturated carbocycles. The lowest BCUT2D eigenvalue weighted by Gasteiger charge is -2.33. The fourth-order valence-corrected chi connectivity index (χ4v) is 3.77. The molecule has 1 fully saturated rings. The second kappa shape index (κ2) is 10.6. The van der Waals surface area contributed by atoms with E-state index in [0.29, 0.717) is 31.9 Å². The lowest BCUT2D eigenvalue weighted by atomic mass is 10.0. The maximum Gasteiger partial charge on any atom is 0.407 e. The zero-order valence-electron chi connectivity index (χ0n) is 17.9. The van der Waals surface area contributed by atoms with Crippen molar-refractivity contribution in [3.8, 4) is 5.75 Å². The van der Waals surface area contributed by atoms with Gasteiger partial charge in [0.25, 0.3) is 0 Å². The maximum absolute atomic E-state index is 11.8. The molecule has 1 aromatic rings. The number of alkyl carbamates (subject to hydrolysis) is 1. The van der Waals surface area contributed by atoms with Gasteiger partial charge in [0.05, 0.1) is 6.61 Å². The molecule has 0 spiro atoms. The Morgan fingerprint density at radius 1 is 1.27 bits per heavy atom. The summed E-state index contributed by atoms with van der Waals surface area (Å²) in [6.07, 6.45) is 1.79. The minimum absolute atomic E-state index is 0.0192. The topological polar surface area (TPSA) is 100 Å². The number of nitrogens with zero attached hydrogens (tertiary/aromatic N) is 1. The Balaban J connectivity index is 1.38. The summed E-state index contributed by atoms with van der Waals surface area (Å²) in [5.74, 6) is 1.06. The Labute approximate surface area is 177 Å². The first kappa shape index (κ1) is 22.4. The van der Waals surface area contributed by atoms with Gasteiger partial charge in [-0.1, -0.05) is 19.9 Å². The summed E-state index contributed by atoms with van der Waals surface area (Å²) >= 11 is 0. The number of hydrogen-bond acceptors (Lipinski definition) is 6. The predicted octanol–water partition coefficient (Wildman–Crippen LogP) is 2.16. The molecule has 0 radical (unpaired) electrons. The lowest BCUT2D eigenvalue weighted by Crippen LogP contribution is -2.47. The van der Waals surface area contributed by atoms with Gasteiger partial charge in [-0.3, -0.25) is 4.79 Å². The van der Waals surface area contributed by atoms with Gasteiger partial charge in [-0.05, 0) is 37.3 Å². The summed E-state index contributed by atoms with van der Waals surface area (Å²) in [6.45, 7) is 6.77. The van der Waals surface area contributed by atoms with Gasteiger partial charge in [0.2, 0.25) is 5.91 Å². The Kier molecular flexibility index (Phi) is 7.93. The number of hydrogen-bond donors (Lipinski definition) is 3. The third-order valence-electron chi connectivity index (χ3n) is 5.37. The summed E-state index contributed by atoms with van der Waals surface area (Å²) in [5, 5.41) is 16.2. The van der Waals surface area contributed by atoms with E-state index in [1.165, 1.54) is 0 Å². The molecule has 1 atom stereocenters.